The predicted molar refractivity (Wildman–Crippen MR) is 68.3 cm³/mol. The van der Waals surface area contributed by atoms with Crippen molar-refractivity contribution in [2.24, 2.45) is 5.92 Å². The minimum absolute atomic E-state index is 0.0149. The van der Waals surface area contributed by atoms with E-state index in [1.807, 2.05) is 18.2 Å². The van der Waals surface area contributed by atoms with Gasteiger partial charge in [0.2, 0.25) is 0 Å². The molecule has 1 amide bonds. The Kier molecular flexibility index (Phi) is 3.19. The highest BCUT2D eigenvalue weighted by Gasteiger charge is 2.39. The summed E-state index contributed by atoms with van der Waals surface area (Å²) in [6, 6.07) is 10.5. The number of hydrogen-bond acceptors (Lipinski definition) is 3. The minimum atomic E-state index is -0.265. The van der Waals surface area contributed by atoms with Crippen molar-refractivity contribution in [2.45, 2.75) is 25.0 Å². The highest BCUT2D eigenvalue weighted by molar-refractivity contribution is 5.69. The highest BCUT2D eigenvalue weighted by Crippen LogP contribution is 2.25. The number of rotatable bonds is 2. The summed E-state index contributed by atoms with van der Waals surface area (Å²) in [7, 11) is 0. The molecule has 4 heteroatoms. The Morgan fingerprint density at radius 1 is 1.28 bits per heavy atom. The maximum Gasteiger partial charge on any atom is 0.407 e. The van der Waals surface area contributed by atoms with Gasteiger partial charge in [0.15, 0.2) is 0 Å². The van der Waals surface area contributed by atoms with Gasteiger partial charge < -0.3 is 15.4 Å². The number of amides is 1. The molecule has 0 bridgehead atoms. The zero-order valence-electron chi connectivity index (χ0n) is 10.3. The molecule has 1 aromatic rings. The molecule has 2 heterocycles. The number of cyclic esters (lactones) is 1. The first-order valence-corrected chi connectivity index (χ1v) is 6.55. The van der Waals surface area contributed by atoms with E-state index in [0.717, 1.165) is 25.9 Å². The Balaban J connectivity index is 1.74. The number of benzene rings is 1. The lowest BCUT2D eigenvalue weighted by molar-refractivity contribution is 0.00715. The van der Waals surface area contributed by atoms with Crippen molar-refractivity contribution in [1.82, 2.24) is 10.6 Å². The summed E-state index contributed by atoms with van der Waals surface area (Å²) in [6.07, 6.45) is 1.51. The van der Waals surface area contributed by atoms with Crippen LogP contribution in [0, 0.1) is 5.92 Å². The smallest absolute Gasteiger partial charge is 0.407 e. The van der Waals surface area contributed by atoms with E-state index < -0.39 is 0 Å². The number of carbonyl (C=O) groups is 1. The van der Waals surface area contributed by atoms with Crippen molar-refractivity contribution in [3.05, 3.63) is 35.9 Å². The predicted octanol–water partition coefficient (Wildman–Crippen LogP) is 1.32. The van der Waals surface area contributed by atoms with E-state index in [-0.39, 0.29) is 18.2 Å². The van der Waals surface area contributed by atoms with Crippen molar-refractivity contribution in [2.75, 3.05) is 13.1 Å². The van der Waals surface area contributed by atoms with Gasteiger partial charge in [-0.3, -0.25) is 0 Å². The monoisotopic (exact) mass is 246 g/mol. The first kappa shape index (κ1) is 11.5. The summed E-state index contributed by atoms with van der Waals surface area (Å²) in [5, 5.41) is 6.32. The molecule has 3 rings (SSSR count). The molecule has 2 saturated heterocycles. The average Bonchev–Trinajstić information content (AvgIpc) is 2.40. The third-order valence-electron chi connectivity index (χ3n) is 3.85. The molecule has 3 atom stereocenters. The molecule has 2 N–H and O–H groups in total. The minimum Gasteiger partial charge on any atom is -0.445 e. The number of carbonyl (C=O) groups excluding carboxylic acids is 1. The second-order valence-electron chi connectivity index (χ2n) is 5.04. The van der Waals surface area contributed by atoms with Gasteiger partial charge in [-0.1, -0.05) is 30.3 Å². The molecule has 2 aliphatic heterocycles. The summed E-state index contributed by atoms with van der Waals surface area (Å²) in [5.74, 6) is 0.372. The Morgan fingerprint density at radius 2 is 2.11 bits per heavy atom. The van der Waals surface area contributed by atoms with E-state index in [1.54, 1.807) is 0 Å². The fourth-order valence-electron chi connectivity index (χ4n) is 2.90. The van der Waals surface area contributed by atoms with E-state index in [1.165, 1.54) is 5.56 Å². The van der Waals surface area contributed by atoms with E-state index in [2.05, 4.69) is 22.8 Å². The van der Waals surface area contributed by atoms with Gasteiger partial charge in [0.05, 0.1) is 0 Å². The van der Waals surface area contributed by atoms with Crippen LogP contribution in [0.5, 0.6) is 0 Å². The molecule has 0 saturated carbocycles. The Hall–Kier alpha value is -1.55. The summed E-state index contributed by atoms with van der Waals surface area (Å²) in [5.41, 5.74) is 1.22. The Morgan fingerprint density at radius 3 is 2.94 bits per heavy atom. The van der Waals surface area contributed by atoms with Crippen LogP contribution in [0.25, 0.3) is 0 Å². The van der Waals surface area contributed by atoms with Crippen molar-refractivity contribution >= 4 is 6.09 Å². The number of piperidine rings is 1. The van der Waals surface area contributed by atoms with Gasteiger partial charge in [0.1, 0.15) is 6.10 Å². The van der Waals surface area contributed by atoms with Crippen molar-refractivity contribution in [3.8, 4) is 0 Å². The lowest BCUT2D eigenvalue weighted by Gasteiger charge is -2.41. The molecule has 3 unspecified atom stereocenters. The summed E-state index contributed by atoms with van der Waals surface area (Å²) >= 11 is 0. The van der Waals surface area contributed by atoms with Gasteiger partial charge in [0, 0.05) is 24.9 Å². The quantitative estimate of drug-likeness (QED) is 0.827. The van der Waals surface area contributed by atoms with Crippen LogP contribution in [-0.4, -0.2) is 31.3 Å². The van der Waals surface area contributed by atoms with E-state index >= 15 is 0 Å². The van der Waals surface area contributed by atoms with Crippen molar-refractivity contribution in [1.29, 1.82) is 0 Å². The highest BCUT2D eigenvalue weighted by atomic mass is 16.6. The third-order valence-corrected chi connectivity index (χ3v) is 3.85. The molecular formula is C14H18N2O2. The van der Waals surface area contributed by atoms with Crippen LogP contribution in [0.1, 0.15) is 12.0 Å². The van der Waals surface area contributed by atoms with Crippen LogP contribution in [-0.2, 0) is 11.2 Å². The fourth-order valence-corrected chi connectivity index (χ4v) is 2.90. The maximum absolute atomic E-state index is 11.6. The molecule has 2 fully saturated rings. The summed E-state index contributed by atoms with van der Waals surface area (Å²) < 4.78 is 5.47. The molecule has 4 nitrogen and oxygen atoms in total. The number of fused-ring (bicyclic) bond motifs is 1. The van der Waals surface area contributed by atoms with E-state index in [0.29, 0.717) is 5.92 Å². The van der Waals surface area contributed by atoms with Crippen LogP contribution < -0.4 is 10.6 Å². The van der Waals surface area contributed by atoms with Gasteiger partial charge in [-0.05, 0) is 18.5 Å². The first-order chi connectivity index (χ1) is 8.83. The van der Waals surface area contributed by atoms with Crippen LogP contribution in [0.3, 0.4) is 0 Å². The second-order valence-corrected chi connectivity index (χ2v) is 5.04. The molecule has 2 aliphatic rings. The lowest BCUT2D eigenvalue weighted by Crippen LogP contribution is -2.59. The first-order valence-electron chi connectivity index (χ1n) is 6.55. The number of nitrogens with one attached hydrogen (secondary N) is 2. The van der Waals surface area contributed by atoms with E-state index in [9.17, 15) is 4.79 Å². The molecule has 96 valence electrons. The zero-order chi connectivity index (χ0) is 12.4. The van der Waals surface area contributed by atoms with Crippen molar-refractivity contribution in [3.63, 3.8) is 0 Å². The maximum atomic E-state index is 11.6. The third kappa shape index (κ3) is 2.34. The van der Waals surface area contributed by atoms with Crippen molar-refractivity contribution < 1.29 is 9.53 Å². The zero-order valence-corrected chi connectivity index (χ0v) is 10.3. The molecule has 1 aromatic carbocycles. The summed E-state index contributed by atoms with van der Waals surface area (Å²) in [6.45, 7) is 1.89. The standard InChI is InChI=1S/C14H18N2O2/c17-14-16-12-6-7-15-9-11(12)13(18-14)8-10-4-2-1-3-5-10/h1-5,11-13,15H,6-9H2,(H,16,17). The number of ether oxygens (including phenoxy) is 1. The van der Waals surface area contributed by atoms with Crippen LogP contribution >= 0.6 is 0 Å². The lowest BCUT2D eigenvalue weighted by atomic mass is 9.84. The molecule has 0 spiro atoms. The van der Waals surface area contributed by atoms with Gasteiger partial charge in [-0.15, -0.1) is 0 Å². The van der Waals surface area contributed by atoms with Gasteiger partial charge in [-0.25, -0.2) is 4.79 Å². The number of alkyl carbamates (subject to hydrolysis) is 1. The average molecular weight is 246 g/mol. The van der Waals surface area contributed by atoms with E-state index in [4.69, 9.17) is 4.74 Å². The van der Waals surface area contributed by atoms with Crippen LogP contribution in [0.4, 0.5) is 4.79 Å². The summed E-state index contributed by atoms with van der Waals surface area (Å²) in [4.78, 5) is 11.6. The Bertz CT molecular complexity index is 421. The molecule has 0 aromatic heterocycles. The van der Waals surface area contributed by atoms with Crippen LogP contribution in [0.2, 0.25) is 0 Å². The van der Waals surface area contributed by atoms with Crippen LogP contribution in [0.15, 0.2) is 30.3 Å². The van der Waals surface area contributed by atoms with Gasteiger partial charge in [0.25, 0.3) is 0 Å². The number of hydrogen-bond donors (Lipinski definition) is 2. The largest absolute Gasteiger partial charge is 0.445 e. The van der Waals surface area contributed by atoms with Gasteiger partial charge in [-0.2, -0.15) is 0 Å². The molecule has 18 heavy (non-hydrogen) atoms. The SMILES string of the molecule is O=C1NC2CCNCC2C(Cc2ccccc2)O1. The second kappa shape index (κ2) is 4.98. The fraction of sp³-hybridized carbons (Fsp3) is 0.500. The Labute approximate surface area is 107 Å². The molecule has 0 aliphatic carbocycles. The topological polar surface area (TPSA) is 50.4 Å². The molecule has 0 radical (unpaired) electrons. The normalized spacial score (nSPS) is 31.1. The molecular weight excluding hydrogens is 228 g/mol. The van der Waals surface area contributed by atoms with Gasteiger partial charge >= 0.3 is 6.09 Å².